The molecule has 5 aromatic rings. The first-order valence-corrected chi connectivity index (χ1v) is 17.3. The van der Waals surface area contributed by atoms with Crippen molar-refractivity contribution in [2.45, 2.75) is 49.9 Å². The van der Waals surface area contributed by atoms with Gasteiger partial charge in [-0.2, -0.15) is 0 Å². The van der Waals surface area contributed by atoms with Crippen molar-refractivity contribution in [2.24, 2.45) is 5.92 Å². The van der Waals surface area contributed by atoms with E-state index in [4.69, 9.17) is 14.2 Å². The third-order valence-corrected chi connectivity index (χ3v) is 10.5. The molecule has 1 saturated heterocycles. The molecule has 2 aliphatic heterocycles. The molecule has 9 nitrogen and oxygen atoms in total. The number of ether oxygens (including phenoxy) is 3. The predicted molar refractivity (Wildman–Crippen MR) is 193 cm³/mol. The number of fused-ring (bicyclic) bond motifs is 2. The van der Waals surface area contributed by atoms with Crippen molar-refractivity contribution in [2.75, 3.05) is 7.11 Å². The van der Waals surface area contributed by atoms with Gasteiger partial charge in [-0.15, -0.1) is 0 Å². The first-order chi connectivity index (χ1) is 25.1. The van der Waals surface area contributed by atoms with E-state index in [9.17, 15) is 30.3 Å². The lowest BCUT2D eigenvalue weighted by Gasteiger charge is -2.33. The van der Waals surface area contributed by atoms with E-state index in [1.165, 1.54) is 0 Å². The average molecular weight is 699 g/mol. The number of Topliss-reactive ketones (excluding diaryl/α,β-unsaturated/α-hetero) is 1. The van der Waals surface area contributed by atoms with Gasteiger partial charge >= 0.3 is 0 Å². The molecule has 5 N–H and O–H groups in total. The zero-order valence-electron chi connectivity index (χ0n) is 28.4. The van der Waals surface area contributed by atoms with Crippen LogP contribution in [-0.2, 0) is 22.4 Å². The Bertz CT molecular complexity index is 2170. The maximum Gasteiger partial charge on any atom is 0.150 e. The monoisotopic (exact) mass is 698 g/mol. The third kappa shape index (κ3) is 6.17. The highest BCUT2D eigenvalue weighted by Gasteiger charge is 2.52. The highest BCUT2D eigenvalue weighted by molar-refractivity contribution is 5.91. The fourth-order valence-corrected chi connectivity index (χ4v) is 8.27. The summed E-state index contributed by atoms with van der Waals surface area (Å²) in [6.45, 7) is 0. The number of rotatable bonds is 7. The molecule has 0 amide bonds. The van der Waals surface area contributed by atoms with Gasteiger partial charge in [0.1, 0.15) is 52.1 Å². The smallest absolute Gasteiger partial charge is 0.150 e. The summed E-state index contributed by atoms with van der Waals surface area (Å²) in [5, 5.41) is 52.0. The van der Waals surface area contributed by atoms with Gasteiger partial charge in [0, 0.05) is 47.9 Å². The highest BCUT2D eigenvalue weighted by Crippen LogP contribution is 2.60. The van der Waals surface area contributed by atoms with Gasteiger partial charge in [-0.1, -0.05) is 36.4 Å². The molecular weight excluding hydrogens is 660 g/mol. The predicted octanol–water partition coefficient (Wildman–Crippen LogP) is 7.80. The Morgan fingerprint density at radius 1 is 0.673 bits per heavy atom. The molecule has 8 rings (SSSR count). The van der Waals surface area contributed by atoms with Gasteiger partial charge in [0.25, 0.3) is 0 Å². The number of hydrogen-bond donors (Lipinski definition) is 5. The molecule has 2 unspecified atom stereocenters. The van der Waals surface area contributed by atoms with Crippen LogP contribution in [0.2, 0.25) is 0 Å². The van der Waals surface area contributed by atoms with Crippen LogP contribution in [0, 0.1) is 5.92 Å². The lowest BCUT2D eigenvalue weighted by molar-refractivity contribution is -0.123. The Balaban J connectivity index is 1.35. The summed E-state index contributed by atoms with van der Waals surface area (Å²) in [6.07, 6.45) is -0.224. The number of ketones is 1. The van der Waals surface area contributed by atoms with E-state index in [0.717, 1.165) is 44.5 Å². The zero-order chi connectivity index (χ0) is 36.1. The van der Waals surface area contributed by atoms with Crippen LogP contribution in [0.1, 0.15) is 64.3 Å². The fraction of sp³-hybridized carbons (Fsp3) is 0.233. The minimum absolute atomic E-state index is 0.0182. The van der Waals surface area contributed by atoms with E-state index in [0.29, 0.717) is 24.3 Å². The molecular formula is C43H38O9. The van der Waals surface area contributed by atoms with Crippen molar-refractivity contribution in [3.05, 3.63) is 142 Å². The van der Waals surface area contributed by atoms with Crippen LogP contribution in [0.25, 0.3) is 5.57 Å². The van der Waals surface area contributed by atoms with Crippen molar-refractivity contribution in [3.63, 3.8) is 0 Å². The number of aryl methyl sites for hydroxylation is 2. The molecule has 52 heavy (non-hydrogen) atoms. The van der Waals surface area contributed by atoms with Gasteiger partial charge in [-0.25, -0.2) is 0 Å². The van der Waals surface area contributed by atoms with Gasteiger partial charge in [0.05, 0.1) is 19.3 Å². The van der Waals surface area contributed by atoms with Gasteiger partial charge < -0.3 is 39.7 Å². The van der Waals surface area contributed by atoms with Gasteiger partial charge in [0.15, 0.2) is 0 Å². The number of hydrogen-bond acceptors (Lipinski definition) is 9. The maximum atomic E-state index is 13.8. The Labute approximate surface area is 300 Å². The molecule has 5 atom stereocenters. The number of aromatic hydroxyl groups is 5. The zero-order valence-corrected chi connectivity index (χ0v) is 28.4. The van der Waals surface area contributed by atoms with Crippen molar-refractivity contribution >= 4 is 11.4 Å². The molecule has 0 aromatic heterocycles. The molecule has 9 heteroatoms. The van der Waals surface area contributed by atoms with Crippen molar-refractivity contribution in [3.8, 4) is 40.2 Å². The number of phenols is 5. The molecule has 0 spiro atoms. The van der Waals surface area contributed by atoms with E-state index >= 15 is 0 Å². The Morgan fingerprint density at radius 2 is 1.31 bits per heavy atom. The Morgan fingerprint density at radius 3 is 1.98 bits per heavy atom. The summed E-state index contributed by atoms with van der Waals surface area (Å²) in [6, 6.07) is 29.2. The molecule has 5 aromatic carbocycles. The van der Waals surface area contributed by atoms with Crippen molar-refractivity contribution < 1.29 is 44.5 Å². The van der Waals surface area contributed by atoms with Crippen LogP contribution in [0.5, 0.6) is 40.2 Å². The minimum Gasteiger partial charge on any atom is -0.508 e. The van der Waals surface area contributed by atoms with Crippen LogP contribution in [0.3, 0.4) is 0 Å². The Kier molecular flexibility index (Phi) is 8.51. The van der Waals surface area contributed by atoms with Gasteiger partial charge in [-0.3, -0.25) is 4.79 Å². The quantitative estimate of drug-likeness (QED) is 0.115. The van der Waals surface area contributed by atoms with Crippen LogP contribution >= 0.6 is 0 Å². The minimum atomic E-state index is -0.668. The molecule has 1 aliphatic carbocycles. The lowest BCUT2D eigenvalue weighted by atomic mass is 9.68. The standard InChI is InChI=1S/C43H38O9/c1-50-34-18-27(17-31(47)19-34)39-40-35(20-33(49)22-37(40)52-42(39)24-6-12-29(45)13-7-24)41-38-26(5-2-23-3-10-28(44)11-4-23)16-32(48)21-36(38)51-43(41)25-8-14-30(46)15-9-25/h3-4,6-19,21,37,39-40,42-48H,2,5,20,22H2,1H3/t37?,39-,40?,42+,43-/m1/s1. The number of carbonyl (C=O) groups is 1. The van der Waals surface area contributed by atoms with E-state index in [2.05, 4.69) is 0 Å². The maximum absolute atomic E-state index is 13.8. The number of carbonyl (C=O) groups excluding carboxylic acids is 1. The van der Waals surface area contributed by atoms with Gasteiger partial charge in [-0.05, 0) is 101 Å². The van der Waals surface area contributed by atoms with Crippen LogP contribution in [0.15, 0.2) is 109 Å². The Hall–Kier alpha value is -5.93. The molecule has 264 valence electrons. The molecule has 2 fully saturated rings. The highest BCUT2D eigenvalue weighted by atomic mass is 16.5. The summed E-state index contributed by atoms with van der Waals surface area (Å²) in [7, 11) is 1.54. The second-order valence-corrected chi connectivity index (χ2v) is 13.8. The molecule has 2 heterocycles. The first kappa shape index (κ1) is 33.2. The first-order valence-electron chi connectivity index (χ1n) is 17.3. The molecule has 3 aliphatic rings. The number of benzene rings is 5. The second kappa shape index (κ2) is 13.3. The molecule has 1 saturated carbocycles. The third-order valence-electron chi connectivity index (χ3n) is 10.5. The fourth-order valence-electron chi connectivity index (χ4n) is 8.27. The van der Waals surface area contributed by atoms with Crippen LogP contribution in [-0.4, -0.2) is 44.5 Å². The van der Waals surface area contributed by atoms with Crippen LogP contribution in [0.4, 0.5) is 0 Å². The summed E-state index contributed by atoms with van der Waals surface area (Å²) in [5.41, 5.74) is 6.66. The normalized spacial score (nSPS) is 23.6. The summed E-state index contributed by atoms with van der Waals surface area (Å²) >= 11 is 0. The SMILES string of the molecule is COc1cc(O)cc([C@@H]2C3C(=C4c5c(CCc6ccc(O)cc6)cc(O)cc5O[C@@H]4c4ccc(O)cc4)CC(=O)CC3O[C@H]2c2ccc(O)cc2)c1. The second-order valence-electron chi connectivity index (χ2n) is 13.8. The number of phenolic OH excluding ortho intramolecular Hbond substituents is 5. The van der Waals surface area contributed by atoms with Crippen molar-refractivity contribution in [1.82, 2.24) is 0 Å². The van der Waals surface area contributed by atoms with E-state index in [1.54, 1.807) is 79.9 Å². The summed E-state index contributed by atoms with van der Waals surface area (Å²) < 4.78 is 19.1. The van der Waals surface area contributed by atoms with Crippen molar-refractivity contribution in [1.29, 1.82) is 0 Å². The topological polar surface area (TPSA) is 146 Å². The summed E-state index contributed by atoms with van der Waals surface area (Å²) in [4.78, 5) is 13.8. The lowest BCUT2D eigenvalue weighted by Crippen LogP contribution is -2.32. The largest absolute Gasteiger partial charge is 0.508 e. The van der Waals surface area contributed by atoms with Gasteiger partial charge in [0.2, 0.25) is 0 Å². The number of methoxy groups -OCH3 is 1. The van der Waals surface area contributed by atoms with Crippen LogP contribution < -0.4 is 9.47 Å². The van der Waals surface area contributed by atoms with E-state index in [1.807, 2.05) is 30.3 Å². The van der Waals surface area contributed by atoms with E-state index < -0.39 is 18.3 Å². The van der Waals surface area contributed by atoms with E-state index in [-0.39, 0.29) is 59.2 Å². The average Bonchev–Trinajstić information content (AvgIpc) is 3.70. The molecule has 0 bridgehead atoms. The summed E-state index contributed by atoms with van der Waals surface area (Å²) in [5.74, 6) is 0.747. The molecule has 0 radical (unpaired) electrons.